The number of hydrogen-bond donors (Lipinski definition) is 1. The first-order chi connectivity index (χ1) is 18.5. The van der Waals surface area contributed by atoms with Gasteiger partial charge in [0.2, 0.25) is 0 Å². The third-order valence-electron chi connectivity index (χ3n) is 7.91. The Morgan fingerprint density at radius 1 is 0.846 bits per heavy atom. The Bertz CT molecular complexity index is 1140. The Hall–Kier alpha value is -3.15. The van der Waals surface area contributed by atoms with Gasteiger partial charge >= 0.3 is 5.97 Å². The molecule has 0 aliphatic heterocycles. The maximum Gasteiger partial charge on any atom is 0.341 e. The van der Waals surface area contributed by atoms with E-state index in [0.29, 0.717) is 17.5 Å². The van der Waals surface area contributed by atoms with E-state index in [1.165, 1.54) is 36.8 Å². The Morgan fingerprint density at radius 2 is 1.46 bits per heavy atom. The lowest BCUT2D eigenvalue weighted by molar-refractivity contribution is -0.117. The molecule has 0 spiro atoms. The smallest absolute Gasteiger partial charge is 0.341 e. The second-order valence-corrected chi connectivity index (χ2v) is 12.0. The highest BCUT2D eigenvalue weighted by Crippen LogP contribution is 2.45. The molecule has 0 bridgehead atoms. The molecule has 0 saturated carbocycles. The standard InChI is InChI=1S/C33H46N2O4/c1-6-7-8-9-10-11-15-18-28(38-31(37)24-16-13-12-14-17-24)39-35-29(30(34)36)25-19-20-26-27(23-25)33(4,5)22-21-32(26,2)3/h12-14,16-17,19-20,23,28H,6-11,15,18,21-22H2,1-5H3,(H2,34,36). The summed E-state index contributed by atoms with van der Waals surface area (Å²) in [4.78, 5) is 31.0. The predicted molar refractivity (Wildman–Crippen MR) is 157 cm³/mol. The van der Waals surface area contributed by atoms with Gasteiger partial charge in [-0.25, -0.2) is 4.79 Å². The summed E-state index contributed by atoms with van der Waals surface area (Å²) in [5.74, 6) is -1.18. The number of rotatable bonds is 14. The van der Waals surface area contributed by atoms with Gasteiger partial charge < -0.3 is 15.3 Å². The van der Waals surface area contributed by atoms with E-state index in [1.807, 2.05) is 18.2 Å². The van der Waals surface area contributed by atoms with Crippen molar-refractivity contribution in [1.82, 2.24) is 0 Å². The lowest BCUT2D eigenvalue weighted by Crippen LogP contribution is -2.34. The van der Waals surface area contributed by atoms with Crippen LogP contribution in [-0.2, 0) is 25.2 Å². The number of carbonyl (C=O) groups excluding carboxylic acids is 2. The average molecular weight is 535 g/mol. The van der Waals surface area contributed by atoms with Crippen molar-refractivity contribution in [2.45, 2.75) is 116 Å². The van der Waals surface area contributed by atoms with E-state index in [1.54, 1.807) is 24.3 Å². The maximum atomic E-state index is 12.8. The summed E-state index contributed by atoms with van der Waals surface area (Å²) in [6, 6.07) is 14.8. The zero-order valence-corrected chi connectivity index (χ0v) is 24.4. The van der Waals surface area contributed by atoms with Gasteiger partial charge in [0.15, 0.2) is 5.71 Å². The van der Waals surface area contributed by atoms with Crippen LogP contribution in [0.1, 0.15) is 126 Å². The lowest BCUT2D eigenvalue weighted by Gasteiger charge is -2.42. The molecule has 0 aromatic heterocycles. The number of primary amides is 1. The van der Waals surface area contributed by atoms with Gasteiger partial charge in [-0.1, -0.05) is 109 Å². The molecular weight excluding hydrogens is 488 g/mol. The molecule has 1 unspecified atom stereocenters. The molecule has 1 amide bonds. The summed E-state index contributed by atoms with van der Waals surface area (Å²) in [5, 5.41) is 4.18. The molecular formula is C33H46N2O4. The molecule has 2 aromatic rings. The Morgan fingerprint density at radius 3 is 2.10 bits per heavy atom. The Balaban J connectivity index is 1.79. The van der Waals surface area contributed by atoms with Crippen LogP contribution in [0.5, 0.6) is 0 Å². The highest BCUT2D eigenvalue weighted by Gasteiger charge is 2.37. The van der Waals surface area contributed by atoms with Crippen molar-refractivity contribution >= 4 is 17.6 Å². The third kappa shape index (κ3) is 8.42. The number of amides is 1. The molecule has 1 aliphatic rings. The molecule has 0 saturated heterocycles. The van der Waals surface area contributed by atoms with E-state index in [-0.39, 0.29) is 16.5 Å². The lowest BCUT2D eigenvalue weighted by atomic mass is 9.63. The second kappa shape index (κ2) is 13.8. The zero-order chi connectivity index (χ0) is 28.5. The van der Waals surface area contributed by atoms with E-state index < -0.39 is 18.2 Å². The van der Waals surface area contributed by atoms with Crippen molar-refractivity contribution in [3.63, 3.8) is 0 Å². The van der Waals surface area contributed by atoms with Crippen LogP contribution >= 0.6 is 0 Å². The molecule has 1 aliphatic carbocycles. The van der Waals surface area contributed by atoms with E-state index >= 15 is 0 Å². The molecule has 6 nitrogen and oxygen atoms in total. The van der Waals surface area contributed by atoms with Gasteiger partial charge in [0.05, 0.1) is 5.56 Å². The topological polar surface area (TPSA) is 91.0 Å². The summed E-state index contributed by atoms with van der Waals surface area (Å²) >= 11 is 0. The summed E-state index contributed by atoms with van der Waals surface area (Å²) in [5.41, 5.74) is 9.33. The van der Waals surface area contributed by atoms with E-state index in [0.717, 1.165) is 32.1 Å². The molecule has 1 atom stereocenters. The minimum atomic E-state index is -0.921. The van der Waals surface area contributed by atoms with Crippen molar-refractivity contribution in [3.8, 4) is 0 Å². The highest BCUT2D eigenvalue weighted by molar-refractivity contribution is 6.44. The van der Waals surface area contributed by atoms with Crippen molar-refractivity contribution in [1.29, 1.82) is 0 Å². The second-order valence-electron chi connectivity index (χ2n) is 12.0. The monoisotopic (exact) mass is 534 g/mol. The van der Waals surface area contributed by atoms with Crippen LogP contribution in [0.2, 0.25) is 0 Å². The summed E-state index contributed by atoms with van der Waals surface area (Å²) in [6.07, 6.45) is 9.55. The highest BCUT2D eigenvalue weighted by atomic mass is 16.8. The van der Waals surface area contributed by atoms with Crippen molar-refractivity contribution in [2.75, 3.05) is 0 Å². The molecule has 6 heteroatoms. The van der Waals surface area contributed by atoms with Crippen LogP contribution in [0.15, 0.2) is 53.7 Å². The number of hydrogen-bond acceptors (Lipinski definition) is 5. The first-order valence-electron chi connectivity index (χ1n) is 14.5. The molecule has 39 heavy (non-hydrogen) atoms. The number of nitrogens with two attached hydrogens (primary N) is 1. The summed E-state index contributed by atoms with van der Waals surface area (Å²) < 4.78 is 5.68. The third-order valence-corrected chi connectivity index (χ3v) is 7.91. The molecule has 212 valence electrons. The number of esters is 1. The van der Waals surface area contributed by atoms with Crippen LogP contribution in [0, 0.1) is 0 Å². The fraction of sp³-hybridized carbons (Fsp3) is 0.545. The molecule has 3 rings (SSSR count). The van der Waals surface area contributed by atoms with Gasteiger partial charge in [0.1, 0.15) is 0 Å². The van der Waals surface area contributed by atoms with Gasteiger partial charge in [-0.15, -0.1) is 0 Å². The minimum absolute atomic E-state index is 0.0253. The van der Waals surface area contributed by atoms with Crippen LogP contribution in [0.25, 0.3) is 0 Å². The molecule has 2 aromatic carbocycles. The zero-order valence-electron chi connectivity index (χ0n) is 24.4. The molecule has 0 heterocycles. The van der Waals surface area contributed by atoms with Gasteiger partial charge in [-0.2, -0.15) is 0 Å². The van der Waals surface area contributed by atoms with E-state index in [9.17, 15) is 9.59 Å². The minimum Gasteiger partial charge on any atom is -0.419 e. The number of unbranched alkanes of at least 4 members (excludes halogenated alkanes) is 6. The van der Waals surface area contributed by atoms with Crippen molar-refractivity contribution in [2.24, 2.45) is 10.9 Å². The normalized spacial score (nSPS) is 16.7. The molecule has 2 N–H and O–H groups in total. The average Bonchev–Trinajstić information content (AvgIpc) is 2.91. The van der Waals surface area contributed by atoms with Crippen molar-refractivity contribution in [3.05, 3.63) is 70.8 Å². The number of carbonyl (C=O) groups is 2. The number of oxime groups is 1. The van der Waals surface area contributed by atoms with Gasteiger partial charge in [-0.05, 0) is 59.4 Å². The number of benzene rings is 2. The Kier molecular flexibility index (Phi) is 10.7. The first-order valence-corrected chi connectivity index (χ1v) is 14.5. The number of ether oxygens (including phenoxy) is 1. The van der Waals surface area contributed by atoms with Gasteiger partial charge in [0, 0.05) is 12.0 Å². The van der Waals surface area contributed by atoms with E-state index in [2.05, 4.69) is 45.8 Å². The largest absolute Gasteiger partial charge is 0.419 e. The van der Waals surface area contributed by atoms with Crippen LogP contribution < -0.4 is 5.73 Å². The maximum absolute atomic E-state index is 12.8. The van der Waals surface area contributed by atoms with E-state index in [4.69, 9.17) is 15.3 Å². The van der Waals surface area contributed by atoms with Crippen LogP contribution in [0.3, 0.4) is 0 Å². The summed E-state index contributed by atoms with van der Waals surface area (Å²) in [6.45, 7) is 11.2. The quantitative estimate of drug-likeness (QED) is 0.0890. The number of nitrogens with zero attached hydrogens (tertiary/aromatic N) is 1. The van der Waals surface area contributed by atoms with Gasteiger partial charge in [-0.3, -0.25) is 4.79 Å². The fourth-order valence-electron chi connectivity index (χ4n) is 5.25. The van der Waals surface area contributed by atoms with Crippen LogP contribution in [0.4, 0.5) is 0 Å². The molecule has 0 radical (unpaired) electrons. The van der Waals surface area contributed by atoms with Crippen LogP contribution in [-0.4, -0.2) is 23.9 Å². The predicted octanol–water partition coefficient (Wildman–Crippen LogP) is 7.57. The first kappa shape index (κ1) is 30.4. The number of fused-ring (bicyclic) bond motifs is 1. The van der Waals surface area contributed by atoms with Gasteiger partial charge in [0.25, 0.3) is 12.2 Å². The fourth-order valence-corrected chi connectivity index (χ4v) is 5.25. The van der Waals surface area contributed by atoms with Crippen molar-refractivity contribution < 1.29 is 19.2 Å². The molecule has 0 fully saturated rings. The SMILES string of the molecule is CCCCCCCCCC(ON=C(C(N)=O)c1ccc2c(c1)C(C)(C)CCC2(C)C)OC(=O)c1ccccc1. The Labute approximate surface area is 234 Å². The summed E-state index contributed by atoms with van der Waals surface area (Å²) in [7, 11) is 0.